The van der Waals surface area contributed by atoms with E-state index < -0.39 is 11.6 Å². The highest BCUT2D eigenvalue weighted by atomic mass is 16.2. The smallest absolute Gasteiger partial charge is 0.323 e. The van der Waals surface area contributed by atoms with Gasteiger partial charge < -0.3 is 10.6 Å². The number of urea groups is 1. The molecule has 1 aliphatic heterocycles. The second kappa shape index (κ2) is 7.51. The lowest BCUT2D eigenvalue weighted by Gasteiger charge is -2.19. The number of anilines is 1. The van der Waals surface area contributed by atoms with Gasteiger partial charge in [-0.15, -0.1) is 0 Å². The lowest BCUT2D eigenvalue weighted by atomic mass is 9.98. The predicted octanol–water partition coefficient (Wildman–Crippen LogP) is 1.78. The zero-order chi connectivity index (χ0) is 21.5. The van der Waals surface area contributed by atoms with E-state index >= 15 is 0 Å². The van der Waals surface area contributed by atoms with Crippen LogP contribution in [-0.2, 0) is 9.59 Å². The van der Waals surface area contributed by atoms with Gasteiger partial charge in [0.15, 0.2) is 0 Å². The van der Waals surface area contributed by atoms with Gasteiger partial charge in [0.2, 0.25) is 5.91 Å². The number of nitrogens with one attached hydrogen (secondary N) is 2. The monoisotopic (exact) mass is 411 g/mol. The van der Waals surface area contributed by atoms with Gasteiger partial charge in [0.05, 0.1) is 5.69 Å². The van der Waals surface area contributed by atoms with Crippen LogP contribution in [0.3, 0.4) is 0 Å². The molecule has 0 bridgehead atoms. The highest BCUT2D eigenvalue weighted by Crippen LogP contribution is 2.35. The molecule has 0 aromatic carbocycles. The molecule has 0 atom stereocenters. The molecule has 0 radical (unpaired) electrons. The van der Waals surface area contributed by atoms with Crippen molar-refractivity contribution in [2.75, 3.05) is 11.9 Å². The number of rotatable bonds is 5. The van der Waals surface area contributed by atoms with Crippen molar-refractivity contribution in [1.29, 1.82) is 0 Å². The number of amides is 4. The van der Waals surface area contributed by atoms with Crippen molar-refractivity contribution in [3.8, 4) is 5.95 Å². The lowest BCUT2D eigenvalue weighted by Crippen LogP contribution is -2.44. The number of aryl methyl sites for hydroxylation is 3. The van der Waals surface area contributed by atoms with Crippen LogP contribution in [0.15, 0.2) is 12.1 Å². The van der Waals surface area contributed by atoms with Gasteiger partial charge in [-0.25, -0.2) is 14.8 Å². The third-order valence-electron chi connectivity index (χ3n) is 5.52. The first kappa shape index (κ1) is 20.0. The first-order chi connectivity index (χ1) is 14.3. The van der Waals surface area contributed by atoms with Crippen LogP contribution in [0, 0.1) is 20.8 Å². The number of imide groups is 1. The maximum atomic E-state index is 12.7. The Morgan fingerprint density at radius 2 is 1.77 bits per heavy atom. The molecule has 1 spiro atoms. The fourth-order valence-electron chi connectivity index (χ4n) is 4.16. The van der Waals surface area contributed by atoms with Crippen LogP contribution in [0.5, 0.6) is 0 Å². The largest absolute Gasteiger partial charge is 0.325 e. The van der Waals surface area contributed by atoms with Crippen molar-refractivity contribution in [2.45, 2.75) is 58.4 Å². The summed E-state index contributed by atoms with van der Waals surface area (Å²) in [6, 6.07) is 3.16. The molecule has 1 saturated carbocycles. The molecule has 4 rings (SSSR count). The first-order valence-corrected chi connectivity index (χ1v) is 10.1. The number of hydrogen-bond donors (Lipinski definition) is 2. The Labute approximate surface area is 174 Å². The molecule has 2 fully saturated rings. The zero-order valence-corrected chi connectivity index (χ0v) is 17.4. The minimum absolute atomic E-state index is 0.00678. The SMILES string of the molecule is Cc1cc(C)nc(-n2nc(C)cc2NC(=O)CCN2C(=O)NC3(CCCC3)C2=O)n1. The topological polar surface area (TPSA) is 122 Å². The number of hydrogen-bond acceptors (Lipinski definition) is 6. The summed E-state index contributed by atoms with van der Waals surface area (Å²) >= 11 is 0. The fourth-order valence-corrected chi connectivity index (χ4v) is 4.16. The van der Waals surface area contributed by atoms with Gasteiger partial charge in [0, 0.05) is 30.4 Å². The molecule has 1 saturated heterocycles. The second-order valence-corrected chi connectivity index (χ2v) is 8.01. The molecule has 4 amide bonds. The molecule has 0 unspecified atom stereocenters. The molecule has 2 aliphatic rings. The van der Waals surface area contributed by atoms with Crippen LogP contribution in [0.25, 0.3) is 5.95 Å². The van der Waals surface area contributed by atoms with Gasteiger partial charge in [-0.1, -0.05) is 12.8 Å². The standard InChI is InChI=1S/C20H25N7O3/c1-12-10-13(2)22-18(21-12)27-15(11-14(3)25-27)23-16(28)6-9-26-17(29)20(24-19(26)30)7-4-5-8-20/h10-11H,4-9H2,1-3H3,(H,23,28)(H,24,30). The molecular formula is C20H25N7O3. The zero-order valence-electron chi connectivity index (χ0n) is 17.4. The average molecular weight is 411 g/mol. The Balaban J connectivity index is 1.44. The first-order valence-electron chi connectivity index (χ1n) is 10.1. The summed E-state index contributed by atoms with van der Waals surface area (Å²) in [7, 11) is 0. The number of nitrogens with zero attached hydrogens (tertiary/aromatic N) is 5. The third-order valence-corrected chi connectivity index (χ3v) is 5.52. The van der Waals surface area contributed by atoms with Gasteiger partial charge in [-0.2, -0.15) is 9.78 Å². The summed E-state index contributed by atoms with van der Waals surface area (Å²) in [6.45, 7) is 5.57. The van der Waals surface area contributed by atoms with Crippen LogP contribution in [0.2, 0.25) is 0 Å². The normalized spacial score (nSPS) is 17.6. The number of carbonyl (C=O) groups excluding carboxylic acids is 3. The molecule has 3 heterocycles. The van der Waals surface area contributed by atoms with Gasteiger partial charge in [-0.05, 0) is 39.7 Å². The molecule has 10 nitrogen and oxygen atoms in total. The maximum Gasteiger partial charge on any atom is 0.325 e. The maximum absolute atomic E-state index is 12.7. The van der Waals surface area contributed by atoms with Crippen molar-refractivity contribution >= 4 is 23.7 Å². The Hall–Kier alpha value is -3.30. The second-order valence-electron chi connectivity index (χ2n) is 8.01. The summed E-state index contributed by atoms with van der Waals surface area (Å²) in [6.07, 6.45) is 3.16. The van der Waals surface area contributed by atoms with Crippen molar-refractivity contribution < 1.29 is 14.4 Å². The Morgan fingerprint density at radius 1 is 1.10 bits per heavy atom. The fraction of sp³-hybridized carbons (Fsp3) is 0.500. The van der Waals surface area contributed by atoms with Crippen molar-refractivity contribution in [2.24, 2.45) is 0 Å². The molecule has 2 aromatic rings. The quantitative estimate of drug-likeness (QED) is 0.723. The molecule has 2 aromatic heterocycles. The predicted molar refractivity (Wildman–Crippen MR) is 108 cm³/mol. The molecular weight excluding hydrogens is 386 g/mol. The Bertz CT molecular complexity index is 1000. The van der Waals surface area contributed by atoms with Crippen molar-refractivity contribution in [3.05, 3.63) is 29.2 Å². The van der Waals surface area contributed by atoms with Crippen molar-refractivity contribution in [1.82, 2.24) is 30.0 Å². The summed E-state index contributed by atoms with van der Waals surface area (Å²) < 4.78 is 1.48. The van der Waals surface area contributed by atoms with Gasteiger partial charge in [0.1, 0.15) is 11.4 Å². The minimum atomic E-state index is -0.760. The number of carbonyl (C=O) groups is 3. The van der Waals surface area contributed by atoms with Gasteiger partial charge in [0.25, 0.3) is 11.9 Å². The van der Waals surface area contributed by atoms with E-state index in [9.17, 15) is 14.4 Å². The van der Waals surface area contributed by atoms with E-state index in [0.29, 0.717) is 30.3 Å². The van der Waals surface area contributed by atoms with E-state index in [1.807, 2.05) is 26.8 Å². The van der Waals surface area contributed by atoms with Crippen molar-refractivity contribution in [3.63, 3.8) is 0 Å². The number of aromatic nitrogens is 4. The van der Waals surface area contributed by atoms with E-state index in [1.54, 1.807) is 6.07 Å². The van der Waals surface area contributed by atoms with Crippen LogP contribution in [-0.4, -0.2) is 54.6 Å². The van der Waals surface area contributed by atoms with E-state index in [4.69, 9.17) is 0 Å². The highest BCUT2D eigenvalue weighted by Gasteiger charge is 2.52. The molecule has 1 aliphatic carbocycles. The third kappa shape index (κ3) is 3.64. The van der Waals surface area contributed by atoms with Crippen LogP contribution >= 0.6 is 0 Å². The Kier molecular flexibility index (Phi) is 5.00. The van der Waals surface area contributed by atoms with E-state index in [2.05, 4.69) is 25.7 Å². The summed E-state index contributed by atoms with van der Waals surface area (Å²) in [5.41, 5.74) is 1.53. The average Bonchev–Trinajstić information content (AvgIpc) is 3.33. The summed E-state index contributed by atoms with van der Waals surface area (Å²) in [5.74, 6) is 0.260. The molecule has 30 heavy (non-hydrogen) atoms. The molecule has 158 valence electrons. The van der Waals surface area contributed by atoms with Crippen LogP contribution in [0.1, 0.15) is 49.2 Å². The minimum Gasteiger partial charge on any atom is -0.323 e. The molecule has 2 N–H and O–H groups in total. The Morgan fingerprint density at radius 3 is 2.43 bits per heavy atom. The van der Waals surface area contributed by atoms with Gasteiger partial charge in [-0.3, -0.25) is 14.5 Å². The summed E-state index contributed by atoms with van der Waals surface area (Å²) in [4.78, 5) is 47.4. The van der Waals surface area contributed by atoms with E-state index in [-0.39, 0.29) is 24.8 Å². The summed E-state index contributed by atoms with van der Waals surface area (Å²) in [5, 5.41) is 9.99. The van der Waals surface area contributed by atoms with E-state index in [1.165, 1.54) is 4.68 Å². The van der Waals surface area contributed by atoms with E-state index in [0.717, 1.165) is 29.1 Å². The molecule has 10 heteroatoms. The van der Waals surface area contributed by atoms with Crippen LogP contribution < -0.4 is 10.6 Å². The lowest BCUT2D eigenvalue weighted by molar-refractivity contribution is -0.131. The van der Waals surface area contributed by atoms with Crippen LogP contribution in [0.4, 0.5) is 10.6 Å². The van der Waals surface area contributed by atoms with Gasteiger partial charge >= 0.3 is 6.03 Å². The highest BCUT2D eigenvalue weighted by molar-refractivity contribution is 6.07.